The first kappa shape index (κ1) is 12.4. The number of pyridine rings is 2. The van der Waals surface area contributed by atoms with Crippen LogP contribution in [0.15, 0.2) is 23.1 Å². The number of aryl methyl sites for hydroxylation is 1. The van der Waals surface area contributed by atoms with Gasteiger partial charge in [0.25, 0.3) is 5.56 Å². The van der Waals surface area contributed by atoms with E-state index in [4.69, 9.17) is 0 Å². The molecule has 0 saturated carbocycles. The summed E-state index contributed by atoms with van der Waals surface area (Å²) in [4.78, 5) is 21.6. The number of nitrogens with one attached hydrogen (secondary N) is 1. The lowest BCUT2D eigenvalue weighted by Gasteiger charge is -2.38. The van der Waals surface area contributed by atoms with Crippen LogP contribution in [0.1, 0.15) is 31.4 Å². The van der Waals surface area contributed by atoms with Gasteiger partial charge in [-0.2, -0.15) is 0 Å². The fourth-order valence-corrected chi connectivity index (χ4v) is 2.56. The van der Waals surface area contributed by atoms with Crippen molar-refractivity contribution in [3.8, 4) is 0 Å². The summed E-state index contributed by atoms with van der Waals surface area (Å²) in [6, 6.07) is 4.61. The number of likely N-dealkylation sites (tertiary alicyclic amines) is 1. The zero-order valence-corrected chi connectivity index (χ0v) is 11.4. The maximum absolute atomic E-state index is 11.8. The van der Waals surface area contributed by atoms with Gasteiger partial charge in [0.15, 0.2) is 0 Å². The summed E-state index contributed by atoms with van der Waals surface area (Å²) < 4.78 is 0. The van der Waals surface area contributed by atoms with Gasteiger partial charge in [0.05, 0.1) is 11.0 Å². The minimum Gasteiger partial charge on any atom is -0.320 e. The minimum absolute atomic E-state index is 0.00580. The van der Waals surface area contributed by atoms with E-state index >= 15 is 0 Å². The van der Waals surface area contributed by atoms with Gasteiger partial charge in [0, 0.05) is 30.9 Å². The average molecular weight is 257 g/mol. The highest BCUT2D eigenvalue weighted by Crippen LogP contribution is 2.20. The fraction of sp³-hybridized carbons (Fsp3) is 0.467. The van der Waals surface area contributed by atoms with Gasteiger partial charge in [0.2, 0.25) is 0 Å². The number of rotatable bonds is 3. The zero-order chi connectivity index (χ0) is 13.4. The predicted molar refractivity (Wildman–Crippen MR) is 76.2 cm³/mol. The van der Waals surface area contributed by atoms with Gasteiger partial charge in [-0.15, -0.1) is 0 Å². The molecule has 1 aliphatic heterocycles. The van der Waals surface area contributed by atoms with Crippen molar-refractivity contribution in [1.29, 1.82) is 0 Å². The van der Waals surface area contributed by atoms with Gasteiger partial charge in [-0.05, 0) is 37.5 Å². The third-order valence-corrected chi connectivity index (χ3v) is 4.05. The van der Waals surface area contributed by atoms with Crippen molar-refractivity contribution in [3.63, 3.8) is 0 Å². The minimum atomic E-state index is 0.00580. The largest absolute Gasteiger partial charge is 0.320 e. The molecule has 0 amide bonds. The lowest BCUT2D eigenvalue weighted by molar-refractivity contribution is 0.0959. The quantitative estimate of drug-likeness (QED) is 0.916. The van der Waals surface area contributed by atoms with Crippen molar-refractivity contribution in [2.75, 3.05) is 6.54 Å². The topological polar surface area (TPSA) is 49.0 Å². The molecule has 3 heterocycles. The Morgan fingerprint density at radius 2 is 2.32 bits per heavy atom. The molecule has 1 atom stereocenters. The Balaban J connectivity index is 1.94. The van der Waals surface area contributed by atoms with Crippen LogP contribution in [0.5, 0.6) is 0 Å². The summed E-state index contributed by atoms with van der Waals surface area (Å²) in [6.45, 7) is 6.30. The normalized spacial score (nSPS) is 19.6. The van der Waals surface area contributed by atoms with Crippen LogP contribution in [0.2, 0.25) is 0 Å². The first-order chi connectivity index (χ1) is 9.17. The number of hydrogen-bond acceptors (Lipinski definition) is 3. The Labute approximate surface area is 112 Å². The lowest BCUT2D eigenvalue weighted by Crippen LogP contribution is -2.44. The summed E-state index contributed by atoms with van der Waals surface area (Å²) in [6.07, 6.45) is 3.93. The van der Waals surface area contributed by atoms with Gasteiger partial charge in [0.1, 0.15) is 0 Å². The summed E-state index contributed by atoms with van der Waals surface area (Å²) in [5.74, 6) is 0. The first-order valence-electron chi connectivity index (χ1n) is 6.92. The molecule has 100 valence electrons. The van der Waals surface area contributed by atoms with Crippen LogP contribution in [0, 0.1) is 0 Å². The Hall–Kier alpha value is -1.68. The molecule has 0 aliphatic carbocycles. The van der Waals surface area contributed by atoms with E-state index in [0.717, 1.165) is 36.1 Å². The maximum atomic E-state index is 11.8. The highest BCUT2D eigenvalue weighted by atomic mass is 16.1. The van der Waals surface area contributed by atoms with Crippen molar-refractivity contribution in [3.05, 3.63) is 39.8 Å². The molecule has 3 rings (SSSR count). The van der Waals surface area contributed by atoms with Gasteiger partial charge in [-0.25, -0.2) is 0 Å². The lowest BCUT2D eigenvalue weighted by atomic mass is 10.0. The van der Waals surface area contributed by atoms with Gasteiger partial charge >= 0.3 is 0 Å². The Morgan fingerprint density at radius 1 is 1.47 bits per heavy atom. The molecular formula is C15H19N3O. The first-order valence-corrected chi connectivity index (χ1v) is 6.92. The molecule has 4 heteroatoms. The van der Waals surface area contributed by atoms with Crippen LogP contribution < -0.4 is 5.56 Å². The van der Waals surface area contributed by atoms with Crippen molar-refractivity contribution in [1.82, 2.24) is 14.9 Å². The number of H-pyrrole nitrogens is 1. The fourth-order valence-electron chi connectivity index (χ4n) is 2.56. The second-order valence-corrected chi connectivity index (χ2v) is 5.36. The monoisotopic (exact) mass is 257 g/mol. The van der Waals surface area contributed by atoms with E-state index in [1.54, 1.807) is 0 Å². The molecule has 4 nitrogen and oxygen atoms in total. The Bertz CT molecular complexity index is 662. The number of hydrogen-bond donors (Lipinski definition) is 1. The highest BCUT2D eigenvalue weighted by molar-refractivity contribution is 5.74. The smallest absolute Gasteiger partial charge is 0.251 e. The molecule has 0 aromatic carbocycles. The highest BCUT2D eigenvalue weighted by Gasteiger charge is 2.23. The average Bonchev–Trinajstić information content (AvgIpc) is 2.42. The van der Waals surface area contributed by atoms with Crippen LogP contribution in [0.25, 0.3) is 11.0 Å². The zero-order valence-electron chi connectivity index (χ0n) is 11.4. The number of aromatic amines is 1. The molecule has 0 spiro atoms. The summed E-state index contributed by atoms with van der Waals surface area (Å²) >= 11 is 0. The molecule has 0 unspecified atom stereocenters. The molecule has 0 radical (unpaired) electrons. The molecule has 0 bridgehead atoms. The van der Waals surface area contributed by atoms with E-state index in [2.05, 4.69) is 21.8 Å². The molecule has 1 aliphatic rings. The number of nitrogens with zero attached hydrogens (tertiary/aromatic N) is 2. The van der Waals surface area contributed by atoms with Crippen LogP contribution in [-0.2, 0) is 13.0 Å². The summed E-state index contributed by atoms with van der Waals surface area (Å²) in [5.41, 5.74) is 3.68. The molecule has 1 N–H and O–H groups in total. The van der Waals surface area contributed by atoms with E-state index in [1.165, 1.54) is 12.0 Å². The second kappa shape index (κ2) is 4.78. The van der Waals surface area contributed by atoms with Crippen molar-refractivity contribution >= 4 is 11.0 Å². The Morgan fingerprint density at radius 3 is 2.95 bits per heavy atom. The van der Waals surface area contributed by atoms with E-state index < -0.39 is 0 Å². The van der Waals surface area contributed by atoms with Gasteiger partial charge < -0.3 is 4.98 Å². The van der Waals surface area contributed by atoms with E-state index in [-0.39, 0.29) is 5.56 Å². The van der Waals surface area contributed by atoms with Crippen LogP contribution >= 0.6 is 0 Å². The summed E-state index contributed by atoms with van der Waals surface area (Å²) in [5, 5.41) is 0. The number of aromatic nitrogens is 2. The van der Waals surface area contributed by atoms with E-state index in [0.29, 0.717) is 6.04 Å². The maximum Gasteiger partial charge on any atom is 0.251 e. The summed E-state index contributed by atoms with van der Waals surface area (Å²) in [7, 11) is 0. The van der Waals surface area contributed by atoms with Crippen LogP contribution in [0.4, 0.5) is 0 Å². The van der Waals surface area contributed by atoms with E-state index in [9.17, 15) is 4.79 Å². The van der Waals surface area contributed by atoms with Gasteiger partial charge in [-0.1, -0.05) is 6.92 Å². The van der Waals surface area contributed by atoms with Crippen molar-refractivity contribution in [2.24, 2.45) is 0 Å². The molecule has 1 saturated heterocycles. The van der Waals surface area contributed by atoms with Crippen molar-refractivity contribution < 1.29 is 0 Å². The molecule has 19 heavy (non-hydrogen) atoms. The van der Waals surface area contributed by atoms with E-state index in [1.807, 2.05) is 25.3 Å². The standard InChI is InChI=1S/C15H19N3O/c1-3-12-7-13-14(17-15(12)19)6-11(8-16-13)9-18-5-4-10(18)2/h6-8,10H,3-5,9H2,1-2H3,(H,17,19)/t10-/m0/s1. The number of fused-ring (bicyclic) bond motifs is 1. The van der Waals surface area contributed by atoms with Crippen LogP contribution in [-0.4, -0.2) is 27.5 Å². The third-order valence-electron chi connectivity index (χ3n) is 4.05. The van der Waals surface area contributed by atoms with Gasteiger partial charge in [-0.3, -0.25) is 14.7 Å². The SMILES string of the molecule is CCc1cc2ncc(CN3CC[C@@H]3C)cc2[nH]c1=O. The molecule has 2 aromatic rings. The molecular weight excluding hydrogens is 238 g/mol. The van der Waals surface area contributed by atoms with Crippen LogP contribution in [0.3, 0.4) is 0 Å². The molecule has 2 aromatic heterocycles. The predicted octanol–water partition coefficient (Wildman–Crippen LogP) is 2.08. The Kier molecular flexibility index (Phi) is 3.11. The molecule has 1 fully saturated rings. The van der Waals surface area contributed by atoms with Crippen molar-refractivity contribution in [2.45, 2.75) is 39.3 Å². The second-order valence-electron chi connectivity index (χ2n) is 5.36. The third kappa shape index (κ3) is 2.28.